The second-order valence-electron chi connectivity index (χ2n) is 7.37. The molecule has 4 aromatic rings. The van der Waals surface area contributed by atoms with Gasteiger partial charge >= 0.3 is 0 Å². The van der Waals surface area contributed by atoms with E-state index in [1.165, 1.54) is 5.56 Å². The van der Waals surface area contributed by atoms with Crippen LogP contribution in [0.25, 0.3) is 5.69 Å². The van der Waals surface area contributed by atoms with Gasteiger partial charge in [-0.1, -0.05) is 55.5 Å². The van der Waals surface area contributed by atoms with Crippen LogP contribution in [0.2, 0.25) is 0 Å². The maximum Gasteiger partial charge on any atom is 0.225 e. The first-order chi connectivity index (χ1) is 14.8. The minimum absolute atomic E-state index is 0.0386. The van der Waals surface area contributed by atoms with Crippen LogP contribution in [0.5, 0.6) is 0 Å². The molecule has 0 spiro atoms. The van der Waals surface area contributed by atoms with Crippen molar-refractivity contribution < 1.29 is 0 Å². The van der Waals surface area contributed by atoms with E-state index in [4.69, 9.17) is 4.98 Å². The van der Waals surface area contributed by atoms with Gasteiger partial charge in [0.2, 0.25) is 5.95 Å². The van der Waals surface area contributed by atoms with Crippen molar-refractivity contribution in [3.8, 4) is 5.69 Å². The standard InChI is InChI=1S/C23H23N7/c1-3-19-22-28-25-15-29(22)20-14-24-23(26-16(2)17-10-6-4-7-11-17)27-21(20)30(19)18-12-8-5-9-13-18/h4-16,19H,3H2,1-2H3,(H,24,26,27)/t16-,19+/m0/s1. The molecule has 5 rings (SSSR count). The third-order valence-corrected chi connectivity index (χ3v) is 5.49. The lowest BCUT2D eigenvalue weighted by Crippen LogP contribution is -2.32. The Labute approximate surface area is 175 Å². The molecule has 2 aromatic heterocycles. The summed E-state index contributed by atoms with van der Waals surface area (Å²) in [4.78, 5) is 11.8. The Kier molecular flexibility index (Phi) is 4.63. The molecule has 0 radical (unpaired) electrons. The average molecular weight is 397 g/mol. The second-order valence-corrected chi connectivity index (χ2v) is 7.37. The summed E-state index contributed by atoms with van der Waals surface area (Å²) in [7, 11) is 0. The maximum absolute atomic E-state index is 4.94. The van der Waals surface area contributed by atoms with Crippen molar-refractivity contribution in [3.63, 3.8) is 0 Å². The maximum atomic E-state index is 4.94. The average Bonchev–Trinajstić information content (AvgIpc) is 3.29. The van der Waals surface area contributed by atoms with Crippen molar-refractivity contribution in [1.82, 2.24) is 24.7 Å². The van der Waals surface area contributed by atoms with Crippen LogP contribution >= 0.6 is 0 Å². The molecule has 150 valence electrons. The van der Waals surface area contributed by atoms with Crippen molar-refractivity contribution in [2.24, 2.45) is 0 Å². The summed E-state index contributed by atoms with van der Waals surface area (Å²) < 4.78 is 1.99. The molecule has 0 fully saturated rings. The summed E-state index contributed by atoms with van der Waals surface area (Å²) in [6, 6.07) is 20.7. The van der Waals surface area contributed by atoms with E-state index in [9.17, 15) is 0 Å². The first-order valence-corrected chi connectivity index (χ1v) is 10.2. The van der Waals surface area contributed by atoms with Gasteiger partial charge in [-0.3, -0.25) is 4.57 Å². The van der Waals surface area contributed by atoms with Gasteiger partial charge in [0, 0.05) is 5.69 Å². The van der Waals surface area contributed by atoms with E-state index in [2.05, 4.69) is 63.5 Å². The molecule has 2 aromatic carbocycles. The Balaban J connectivity index is 1.59. The van der Waals surface area contributed by atoms with Crippen LogP contribution in [0.3, 0.4) is 0 Å². The zero-order chi connectivity index (χ0) is 20.5. The van der Waals surface area contributed by atoms with E-state index in [-0.39, 0.29) is 12.1 Å². The number of benzene rings is 2. The minimum atomic E-state index is 0.0386. The molecule has 7 nitrogen and oxygen atoms in total. The lowest BCUT2D eigenvalue weighted by Gasteiger charge is -2.36. The number of anilines is 3. The first-order valence-electron chi connectivity index (χ1n) is 10.2. The van der Waals surface area contributed by atoms with Crippen molar-refractivity contribution >= 4 is 17.5 Å². The number of nitrogens with one attached hydrogen (secondary N) is 1. The number of fused-ring (bicyclic) bond motifs is 3. The molecule has 3 heterocycles. The molecule has 7 heteroatoms. The predicted molar refractivity (Wildman–Crippen MR) is 117 cm³/mol. The fourth-order valence-corrected chi connectivity index (χ4v) is 3.98. The van der Waals surface area contributed by atoms with Gasteiger partial charge in [-0.15, -0.1) is 10.2 Å². The van der Waals surface area contributed by atoms with Crippen LogP contribution in [0.1, 0.15) is 43.7 Å². The Morgan fingerprint density at radius 2 is 1.77 bits per heavy atom. The lowest BCUT2D eigenvalue weighted by atomic mass is 10.1. The first kappa shape index (κ1) is 18.3. The Morgan fingerprint density at radius 1 is 1.03 bits per heavy atom. The van der Waals surface area contributed by atoms with Crippen molar-refractivity contribution in [2.45, 2.75) is 32.4 Å². The molecule has 1 aliphatic heterocycles. The van der Waals surface area contributed by atoms with Crippen LogP contribution < -0.4 is 10.2 Å². The summed E-state index contributed by atoms with van der Waals surface area (Å²) in [6.45, 7) is 4.27. The van der Waals surface area contributed by atoms with Gasteiger partial charge in [0.15, 0.2) is 11.6 Å². The van der Waals surface area contributed by atoms with Crippen LogP contribution in [-0.4, -0.2) is 24.7 Å². The molecule has 30 heavy (non-hydrogen) atoms. The number of rotatable bonds is 5. The molecule has 1 N–H and O–H groups in total. The number of hydrogen-bond acceptors (Lipinski definition) is 6. The van der Waals surface area contributed by atoms with E-state index in [1.54, 1.807) is 6.33 Å². The second kappa shape index (κ2) is 7.59. The van der Waals surface area contributed by atoms with Crippen molar-refractivity contribution in [2.75, 3.05) is 10.2 Å². The molecular formula is C23H23N7. The van der Waals surface area contributed by atoms with E-state index in [1.807, 2.05) is 47.2 Å². The van der Waals surface area contributed by atoms with Gasteiger partial charge in [0.1, 0.15) is 12.0 Å². The number of nitrogens with zero attached hydrogens (tertiary/aromatic N) is 6. The fraction of sp³-hybridized carbons (Fsp3) is 0.217. The largest absolute Gasteiger partial charge is 0.348 e. The molecule has 0 unspecified atom stereocenters. The van der Waals surface area contributed by atoms with Gasteiger partial charge in [0.25, 0.3) is 0 Å². The monoisotopic (exact) mass is 397 g/mol. The van der Waals surface area contributed by atoms with Gasteiger partial charge in [0.05, 0.1) is 18.3 Å². The molecule has 1 aliphatic rings. The fourth-order valence-electron chi connectivity index (χ4n) is 3.98. The third-order valence-electron chi connectivity index (χ3n) is 5.49. The van der Waals surface area contributed by atoms with Gasteiger partial charge < -0.3 is 10.2 Å². The van der Waals surface area contributed by atoms with Crippen LogP contribution in [0.15, 0.2) is 73.2 Å². The number of aromatic nitrogens is 5. The van der Waals surface area contributed by atoms with Crippen LogP contribution in [0, 0.1) is 0 Å². The van der Waals surface area contributed by atoms with Crippen molar-refractivity contribution in [1.29, 1.82) is 0 Å². The highest BCUT2D eigenvalue weighted by Gasteiger charge is 2.34. The summed E-state index contributed by atoms with van der Waals surface area (Å²) in [5.41, 5.74) is 3.13. The van der Waals surface area contributed by atoms with E-state index in [0.29, 0.717) is 5.95 Å². The Bertz CT molecular complexity index is 1140. The molecule has 2 atom stereocenters. The summed E-state index contributed by atoms with van der Waals surface area (Å²) in [6.07, 6.45) is 4.46. The van der Waals surface area contributed by atoms with Gasteiger partial charge in [-0.2, -0.15) is 4.98 Å². The zero-order valence-corrected chi connectivity index (χ0v) is 17.0. The SMILES string of the molecule is CC[C@@H]1c2nncn2-c2cnc(N[C@@H](C)c3ccccc3)nc2N1c1ccccc1. The van der Waals surface area contributed by atoms with Gasteiger partial charge in [-0.05, 0) is 31.0 Å². The Hall–Kier alpha value is -3.74. The highest BCUT2D eigenvalue weighted by molar-refractivity contribution is 5.72. The molecule has 0 amide bonds. The molecule has 0 saturated heterocycles. The minimum Gasteiger partial charge on any atom is -0.348 e. The van der Waals surface area contributed by atoms with Crippen LogP contribution in [0.4, 0.5) is 17.5 Å². The lowest BCUT2D eigenvalue weighted by molar-refractivity contribution is 0.589. The molecule has 0 saturated carbocycles. The molecule has 0 aliphatic carbocycles. The van der Waals surface area contributed by atoms with Gasteiger partial charge in [-0.25, -0.2) is 4.98 Å². The van der Waals surface area contributed by atoms with E-state index >= 15 is 0 Å². The van der Waals surface area contributed by atoms with Crippen molar-refractivity contribution in [3.05, 3.63) is 84.6 Å². The predicted octanol–water partition coefficient (Wildman–Crippen LogP) is 4.83. The highest BCUT2D eigenvalue weighted by Crippen LogP contribution is 2.42. The zero-order valence-electron chi connectivity index (χ0n) is 17.0. The summed E-state index contributed by atoms with van der Waals surface area (Å²) in [5.74, 6) is 2.34. The highest BCUT2D eigenvalue weighted by atomic mass is 15.4. The quantitative estimate of drug-likeness (QED) is 0.520. The third kappa shape index (κ3) is 3.08. The normalized spacial score (nSPS) is 15.9. The number of hydrogen-bond donors (Lipinski definition) is 1. The summed E-state index contributed by atoms with van der Waals surface area (Å²) >= 11 is 0. The Morgan fingerprint density at radius 3 is 2.50 bits per heavy atom. The van der Waals surface area contributed by atoms with E-state index in [0.717, 1.165) is 29.4 Å². The van der Waals surface area contributed by atoms with Crippen LogP contribution in [-0.2, 0) is 0 Å². The molecular weight excluding hydrogens is 374 g/mol. The molecule has 0 bridgehead atoms. The topological polar surface area (TPSA) is 71.8 Å². The smallest absolute Gasteiger partial charge is 0.225 e. The summed E-state index contributed by atoms with van der Waals surface area (Å²) in [5, 5.41) is 12.0. The van der Waals surface area contributed by atoms with E-state index < -0.39 is 0 Å². The number of para-hydroxylation sites is 1.